The Morgan fingerprint density at radius 3 is 0.902 bits per heavy atom. The summed E-state index contributed by atoms with van der Waals surface area (Å²) in [5.41, 5.74) is 58.6. The summed E-state index contributed by atoms with van der Waals surface area (Å²) < 4.78 is 0. The van der Waals surface area contributed by atoms with Crippen molar-refractivity contribution in [3.8, 4) is 134 Å². The molecule has 648 valence electrons. The zero-order chi connectivity index (χ0) is 91.9. The van der Waals surface area contributed by atoms with Crippen LogP contribution in [0.1, 0.15) is 183 Å². The number of rotatable bonds is 6. The predicted octanol–water partition coefficient (Wildman–Crippen LogP) is 35.8. The molecule has 0 amide bonds. The summed E-state index contributed by atoms with van der Waals surface area (Å²) in [4.78, 5) is 0. The molecule has 6 aliphatic rings. The summed E-state index contributed by atoms with van der Waals surface area (Å²) in [7, 11) is 0. The van der Waals surface area contributed by atoms with Crippen molar-refractivity contribution in [3.05, 3.63) is 501 Å². The van der Waals surface area contributed by atoms with Crippen LogP contribution in [0.3, 0.4) is 0 Å². The Hall–Kier alpha value is -14.0. The maximum Gasteiger partial charge on any atom is 0.0165 e. The van der Waals surface area contributed by atoms with Gasteiger partial charge in [0.1, 0.15) is 0 Å². The molecular weight excluding hydrogens is 1590 g/mol. The van der Waals surface area contributed by atoms with Crippen LogP contribution in [-0.4, -0.2) is 0 Å². The van der Waals surface area contributed by atoms with Crippen molar-refractivity contribution in [2.45, 2.75) is 157 Å². The SMILES string of the molecule is Cc1ccc(-c2cccc3c2-c2ccccc2C3(C)C)cc1.Cc1ccc(-c2ccccc2)c2c1-c1ccccc1C2(C)C.Cc1ccc(-c2ccccc2)c2c1C(C)(C)c1ccccc1-2.Cc1cccc(-c2cccc3c2-c2ccccc2C3(C)C)c1.Cc1ccccc1-c1ccc2c(c1)C(C)(C)c1ccccc1-2.Cc1ccccc1-c1cccc2c1-c1ccccc1C2(C)C. The minimum Gasteiger partial charge on any atom is -0.0622 e. The molecule has 0 aromatic heterocycles. The molecule has 0 heterocycles. The van der Waals surface area contributed by atoms with Crippen molar-refractivity contribution < 1.29 is 0 Å². The molecule has 0 heteroatoms. The van der Waals surface area contributed by atoms with Gasteiger partial charge in [0.15, 0.2) is 0 Å². The van der Waals surface area contributed by atoms with Crippen LogP contribution in [0.15, 0.2) is 400 Å². The maximum absolute atomic E-state index is 2.39. The molecule has 0 saturated heterocycles. The first-order valence-corrected chi connectivity index (χ1v) is 47.4. The minimum absolute atomic E-state index is 0.0448. The minimum atomic E-state index is 0.0448. The lowest BCUT2D eigenvalue weighted by molar-refractivity contribution is 0.656. The van der Waals surface area contributed by atoms with E-state index in [1.807, 2.05) is 0 Å². The van der Waals surface area contributed by atoms with E-state index in [1.165, 1.54) is 234 Å². The first kappa shape index (κ1) is 87.3. The van der Waals surface area contributed by atoms with Crippen LogP contribution < -0.4 is 0 Å². The normalized spacial score (nSPS) is 14.5. The molecule has 18 aromatic carbocycles. The Morgan fingerprint density at radius 1 is 0.129 bits per heavy atom. The summed E-state index contributed by atoms with van der Waals surface area (Å²) in [6, 6.07) is 146. The number of fused-ring (bicyclic) bond motifs is 18. The van der Waals surface area contributed by atoms with Gasteiger partial charge in [-0.2, -0.15) is 0 Å². The number of aryl methyl sites for hydroxylation is 6. The topological polar surface area (TPSA) is 0 Å². The van der Waals surface area contributed by atoms with Gasteiger partial charge in [-0.3, -0.25) is 0 Å². The molecule has 0 spiro atoms. The second-order valence-corrected chi connectivity index (χ2v) is 40.4. The van der Waals surface area contributed by atoms with Crippen molar-refractivity contribution in [3.63, 3.8) is 0 Å². The fourth-order valence-corrected chi connectivity index (χ4v) is 23.1. The Bertz CT molecular complexity index is 7460. The van der Waals surface area contributed by atoms with E-state index in [4.69, 9.17) is 0 Å². The molecule has 0 nitrogen and oxygen atoms in total. The maximum atomic E-state index is 2.39. The van der Waals surface area contributed by atoms with E-state index >= 15 is 0 Å². The standard InChI is InChI=1S/6C22H20/c1-15-8-6-9-16(14-15)17-11-7-13-20-21(17)18-10-4-5-12-19(18)22(20,2)3;1-15-9-4-5-10-16(15)17-12-8-14-20-21(17)18-11-6-7-13-19(18)22(20,2)3;1-15-8-4-5-9-17(15)16-12-13-19-18-10-6-7-11-20(18)22(2,3)21(19)14-16;1-15-11-13-16(14-12-15)17-8-6-10-20-21(17)18-7-4-5-9-19(18)22(20,2)3;1-15-13-14-17(16-9-5-4-6-10-16)20-18-11-7-8-12-19(18)22(2,3)21(15)20;1-15-13-14-17(16-9-5-4-6-10-16)21-20(15)18-11-7-8-12-19(18)22(21,2)3/h6*4-14H,1-3H3. The molecule has 0 aliphatic heterocycles. The van der Waals surface area contributed by atoms with Gasteiger partial charge in [-0.1, -0.05) is 489 Å². The third-order valence-electron chi connectivity index (χ3n) is 30.0. The van der Waals surface area contributed by atoms with E-state index in [0.29, 0.717) is 0 Å². The fourth-order valence-electron chi connectivity index (χ4n) is 23.1. The molecule has 6 aliphatic carbocycles. The van der Waals surface area contributed by atoms with Crippen LogP contribution in [0.25, 0.3) is 134 Å². The van der Waals surface area contributed by atoms with Crippen molar-refractivity contribution in [2.75, 3.05) is 0 Å². The summed E-state index contributed by atoms with van der Waals surface area (Å²) in [6.45, 7) is 41.2. The van der Waals surface area contributed by atoms with Gasteiger partial charge in [-0.25, -0.2) is 0 Å². The Labute approximate surface area is 785 Å². The van der Waals surface area contributed by atoms with Crippen LogP contribution in [0.2, 0.25) is 0 Å². The van der Waals surface area contributed by atoms with Crippen molar-refractivity contribution in [1.82, 2.24) is 0 Å². The Balaban J connectivity index is 0.000000102. The van der Waals surface area contributed by atoms with Gasteiger partial charge in [0.2, 0.25) is 0 Å². The molecular formula is C132H120. The third kappa shape index (κ3) is 15.1. The van der Waals surface area contributed by atoms with Gasteiger partial charge in [0, 0.05) is 32.5 Å². The molecule has 0 unspecified atom stereocenters. The smallest absolute Gasteiger partial charge is 0.0165 e. The first-order chi connectivity index (χ1) is 63.6. The summed E-state index contributed by atoms with van der Waals surface area (Å²) >= 11 is 0. The predicted molar refractivity (Wildman–Crippen MR) is 565 cm³/mol. The van der Waals surface area contributed by atoms with Gasteiger partial charge in [0.05, 0.1) is 0 Å². The van der Waals surface area contributed by atoms with Crippen LogP contribution in [-0.2, 0) is 32.5 Å². The molecule has 132 heavy (non-hydrogen) atoms. The third-order valence-corrected chi connectivity index (χ3v) is 30.0. The van der Waals surface area contributed by atoms with Crippen LogP contribution in [0.5, 0.6) is 0 Å². The molecule has 0 saturated carbocycles. The van der Waals surface area contributed by atoms with Crippen LogP contribution in [0, 0.1) is 41.5 Å². The van der Waals surface area contributed by atoms with Crippen LogP contribution >= 0.6 is 0 Å². The average molecular weight is 1710 g/mol. The Morgan fingerprint density at radius 2 is 0.417 bits per heavy atom. The van der Waals surface area contributed by atoms with Gasteiger partial charge in [-0.05, 0) is 270 Å². The van der Waals surface area contributed by atoms with Crippen molar-refractivity contribution >= 4 is 0 Å². The largest absolute Gasteiger partial charge is 0.0622 e. The van der Waals surface area contributed by atoms with E-state index in [2.05, 4.69) is 525 Å². The number of hydrogen-bond donors (Lipinski definition) is 0. The molecule has 24 rings (SSSR count). The second-order valence-electron chi connectivity index (χ2n) is 40.4. The summed E-state index contributed by atoms with van der Waals surface area (Å²) in [5.74, 6) is 0. The number of hydrogen-bond acceptors (Lipinski definition) is 0. The summed E-state index contributed by atoms with van der Waals surface area (Å²) in [5, 5.41) is 0. The average Bonchev–Trinajstić information content (AvgIpc) is 1.56. The molecule has 0 bridgehead atoms. The lowest BCUT2D eigenvalue weighted by atomic mass is 9.78. The van der Waals surface area contributed by atoms with Crippen molar-refractivity contribution in [2.24, 2.45) is 0 Å². The zero-order valence-electron chi connectivity index (χ0n) is 80.1. The molecule has 0 atom stereocenters. The highest BCUT2D eigenvalue weighted by atomic mass is 14.5. The monoisotopic (exact) mass is 1700 g/mol. The lowest BCUT2D eigenvalue weighted by Crippen LogP contribution is -2.16. The molecule has 0 fully saturated rings. The van der Waals surface area contributed by atoms with Gasteiger partial charge in [-0.15, -0.1) is 0 Å². The zero-order valence-corrected chi connectivity index (χ0v) is 80.1. The van der Waals surface area contributed by atoms with Gasteiger partial charge in [0.25, 0.3) is 0 Å². The van der Waals surface area contributed by atoms with Crippen LogP contribution in [0.4, 0.5) is 0 Å². The Kier molecular flexibility index (Phi) is 22.7. The highest BCUT2D eigenvalue weighted by Gasteiger charge is 2.43. The van der Waals surface area contributed by atoms with Gasteiger partial charge >= 0.3 is 0 Å². The van der Waals surface area contributed by atoms with Crippen molar-refractivity contribution in [1.29, 1.82) is 0 Å². The van der Waals surface area contributed by atoms with Gasteiger partial charge < -0.3 is 0 Å². The summed E-state index contributed by atoms with van der Waals surface area (Å²) in [6.07, 6.45) is 0. The molecule has 18 aromatic rings. The first-order valence-electron chi connectivity index (χ1n) is 47.4. The quantitative estimate of drug-likeness (QED) is 0.156. The van der Waals surface area contributed by atoms with E-state index in [-0.39, 0.29) is 32.5 Å². The highest BCUT2D eigenvalue weighted by Crippen LogP contribution is 2.59. The van der Waals surface area contributed by atoms with E-state index in [9.17, 15) is 0 Å². The number of benzene rings is 18. The van der Waals surface area contributed by atoms with E-state index in [0.717, 1.165) is 0 Å². The lowest BCUT2D eigenvalue weighted by Gasteiger charge is -2.25. The van der Waals surface area contributed by atoms with E-state index < -0.39 is 0 Å². The highest BCUT2D eigenvalue weighted by molar-refractivity contribution is 5.98. The van der Waals surface area contributed by atoms with E-state index in [1.54, 1.807) is 0 Å². The second kappa shape index (κ2) is 34.4. The molecule has 0 radical (unpaired) electrons. The molecule has 0 N–H and O–H groups in total. The fraction of sp³-hybridized carbons (Fsp3) is 0.182.